The highest BCUT2D eigenvalue weighted by molar-refractivity contribution is 5.59. The standard InChI is InChI=1S/C8H15N3/c1-7-5-9-6-10-8(7,2)11(3)4/h5-6H,1-4H3,(H,9,10). The van der Waals surface area contributed by atoms with Crippen molar-refractivity contribution in [3.05, 3.63) is 11.8 Å². The second kappa shape index (κ2) is 2.66. The largest absolute Gasteiger partial charge is 0.353 e. The van der Waals surface area contributed by atoms with Crippen molar-refractivity contribution in [2.75, 3.05) is 14.1 Å². The Morgan fingerprint density at radius 3 is 2.55 bits per heavy atom. The normalized spacial score (nSPS) is 30.1. The highest BCUT2D eigenvalue weighted by atomic mass is 15.3. The zero-order valence-electron chi connectivity index (χ0n) is 7.55. The van der Waals surface area contributed by atoms with Crippen LogP contribution in [0.2, 0.25) is 0 Å². The third-order valence-electron chi connectivity index (χ3n) is 2.31. The summed E-state index contributed by atoms with van der Waals surface area (Å²) in [7, 11) is 4.06. The van der Waals surface area contributed by atoms with Gasteiger partial charge in [0.15, 0.2) is 0 Å². The van der Waals surface area contributed by atoms with Gasteiger partial charge in [0.25, 0.3) is 0 Å². The first-order valence-corrected chi connectivity index (χ1v) is 3.72. The van der Waals surface area contributed by atoms with Crippen LogP contribution in [0.15, 0.2) is 16.8 Å². The lowest BCUT2D eigenvalue weighted by atomic mass is 10.0. The van der Waals surface area contributed by atoms with E-state index in [2.05, 4.69) is 29.1 Å². The van der Waals surface area contributed by atoms with E-state index in [0.717, 1.165) is 0 Å². The van der Waals surface area contributed by atoms with Crippen LogP contribution in [0, 0.1) is 0 Å². The summed E-state index contributed by atoms with van der Waals surface area (Å²) >= 11 is 0. The van der Waals surface area contributed by atoms with Gasteiger partial charge in [-0.25, -0.2) is 4.99 Å². The van der Waals surface area contributed by atoms with Crippen LogP contribution in [0.25, 0.3) is 0 Å². The van der Waals surface area contributed by atoms with Gasteiger partial charge in [0, 0.05) is 6.20 Å². The smallest absolute Gasteiger partial charge is 0.134 e. The Bertz CT molecular complexity index is 205. The van der Waals surface area contributed by atoms with E-state index in [1.54, 1.807) is 6.34 Å². The molecular weight excluding hydrogens is 138 g/mol. The van der Waals surface area contributed by atoms with Crippen LogP contribution in [0.3, 0.4) is 0 Å². The van der Waals surface area contributed by atoms with E-state index in [9.17, 15) is 0 Å². The minimum atomic E-state index is -0.161. The first-order valence-electron chi connectivity index (χ1n) is 3.72. The molecule has 11 heavy (non-hydrogen) atoms. The first-order chi connectivity index (χ1) is 5.07. The minimum Gasteiger partial charge on any atom is -0.353 e. The topological polar surface area (TPSA) is 27.6 Å². The lowest BCUT2D eigenvalue weighted by Crippen LogP contribution is -2.43. The molecule has 0 amide bonds. The second-order valence-electron chi connectivity index (χ2n) is 3.17. The molecule has 0 radical (unpaired) electrons. The number of nitrogens with zero attached hydrogens (tertiary/aromatic N) is 2. The number of hydrogen-bond donors (Lipinski definition) is 1. The molecule has 1 N–H and O–H groups in total. The summed E-state index contributed by atoms with van der Waals surface area (Å²) in [6.45, 7) is 4.17. The van der Waals surface area contributed by atoms with Gasteiger partial charge in [-0.2, -0.15) is 0 Å². The molecule has 0 aliphatic carbocycles. The van der Waals surface area contributed by atoms with Crippen molar-refractivity contribution >= 4 is 6.34 Å². The van der Waals surface area contributed by atoms with Gasteiger partial charge in [-0.05, 0) is 33.5 Å². The van der Waals surface area contributed by atoms with Crippen molar-refractivity contribution in [1.29, 1.82) is 0 Å². The van der Waals surface area contributed by atoms with Gasteiger partial charge in [-0.15, -0.1) is 0 Å². The van der Waals surface area contributed by atoms with E-state index in [1.165, 1.54) is 5.57 Å². The molecule has 0 saturated heterocycles. The van der Waals surface area contributed by atoms with E-state index >= 15 is 0 Å². The van der Waals surface area contributed by atoms with Crippen LogP contribution in [-0.2, 0) is 0 Å². The third kappa shape index (κ3) is 1.28. The van der Waals surface area contributed by atoms with Gasteiger partial charge in [0.05, 0.1) is 6.34 Å². The maximum Gasteiger partial charge on any atom is 0.134 e. The molecule has 0 spiro atoms. The minimum absolute atomic E-state index is 0.161. The van der Waals surface area contributed by atoms with Crippen molar-refractivity contribution in [1.82, 2.24) is 10.2 Å². The van der Waals surface area contributed by atoms with Crippen molar-refractivity contribution in [2.24, 2.45) is 4.99 Å². The predicted octanol–water partition coefficient (Wildman–Crippen LogP) is 0.800. The summed E-state index contributed by atoms with van der Waals surface area (Å²) in [5.74, 6) is 0. The zero-order valence-corrected chi connectivity index (χ0v) is 7.55. The Kier molecular flexibility index (Phi) is 2.00. The van der Waals surface area contributed by atoms with Gasteiger partial charge in [-0.1, -0.05) is 0 Å². The molecule has 1 aliphatic rings. The summed E-state index contributed by atoms with van der Waals surface area (Å²) in [6, 6.07) is 0. The molecule has 1 unspecified atom stereocenters. The maximum atomic E-state index is 4.36. The Balaban J connectivity index is 2.91. The molecule has 62 valence electrons. The molecular formula is C8H15N3. The Morgan fingerprint density at radius 2 is 2.18 bits per heavy atom. The van der Waals surface area contributed by atoms with Crippen molar-refractivity contribution in [3.8, 4) is 0 Å². The van der Waals surface area contributed by atoms with Gasteiger partial charge in [-0.3, -0.25) is 4.90 Å². The first kappa shape index (κ1) is 8.27. The summed E-state index contributed by atoms with van der Waals surface area (Å²) in [6.07, 6.45) is 3.71. The highest BCUT2D eigenvalue weighted by Gasteiger charge is 2.28. The van der Waals surface area contributed by atoms with Crippen molar-refractivity contribution < 1.29 is 0 Å². The molecule has 0 aromatic carbocycles. The maximum absolute atomic E-state index is 4.36. The van der Waals surface area contributed by atoms with Gasteiger partial charge < -0.3 is 5.32 Å². The number of aliphatic imine (C=N–C) groups is 1. The molecule has 0 bridgehead atoms. The van der Waals surface area contributed by atoms with Crippen LogP contribution in [0.4, 0.5) is 0 Å². The van der Waals surface area contributed by atoms with E-state index < -0.39 is 0 Å². The molecule has 3 heteroatoms. The van der Waals surface area contributed by atoms with E-state index in [4.69, 9.17) is 0 Å². The highest BCUT2D eigenvalue weighted by Crippen LogP contribution is 2.23. The van der Waals surface area contributed by atoms with Gasteiger partial charge in [0.1, 0.15) is 5.66 Å². The van der Waals surface area contributed by atoms with Crippen LogP contribution >= 0.6 is 0 Å². The number of hydrogen-bond acceptors (Lipinski definition) is 3. The predicted molar refractivity (Wildman–Crippen MR) is 47.5 cm³/mol. The summed E-state index contributed by atoms with van der Waals surface area (Å²) in [4.78, 5) is 6.46. The lowest BCUT2D eigenvalue weighted by molar-refractivity contribution is 0.223. The lowest BCUT2D eigenvalue weighted by Gasteiger charge is -2.35. The molecule has 1 rings (SSSR count). The molecule has 1 atom stereocenters. The molecule has 1 heterocycles. The SMILES string of the molecule is CC1=CNC=NC1(C)N(C)C. The average Bonchev–Trinajstić information content (AvgIpc) is 1.95. The summed E-state index contributed by atoms with van der Waals surface area (Å²) in [5.41, 5.74) is 1.07. The number of likely N-dealkylation sites (N-methyl/N-ethyl adjacent to an activating group) is 1. The fourth-order valence-electron chi connectivity index (χ4n) is 1.03. The van der Waals surface area contributed by atoms with E-state index in [-0.39, 0.29) is 5.66 Å². The Hall–Kier alpha value is -0.830. The summed E-state index contributed by atoms with van der Waals surface area (Å²) in [5, 5.41) is 2.96. The molecule has 0 saturated carbocycles. The quantitative estimate of drug-likeness (QED) is 0.603. The van der Waals surface area contributed by atoms with Crippen molar-refractivity contribution in [2.45, 2.75) is 19.5 Å². The Labute approximate surface area is 67.8 Å². The van der Waals surface area contributed by atoms with Crippen LogP contribution in [0.5, 0.6) is 0 Å². The van der Waals surface area contributed by atoms with Gasteiger partial charge >= 0.3 is 0 Å². The molecule has 1 aliphatic heterocycles. The zero-order chi connectivity index (χ0) is 8.48. The fraction of sp³-hybridized carbons (Fsp3) is 0.625. The molecule has 0 aromatic heterocycles. The van der Waals surface area contributed by atoms with Crippen LogP contribution in [-0.4, -0.2) is 31.0 Å². The fourth-order valence-corrected chi connectivity index (χ4v) is 1.03. The van der Waals surface area contributed by atoms with E-state index in [1.807, 2.05) is 20.3 Å². The molecule has 0 fully saturated rings. The van der Waals surface area contributed by atoms with Crippen LogP contribution in [0.1, 0.15) is 13.8 Å². The Morgan fingerprint density at radius 1 is 1.55 bits per heavy atom. The summed E-state index contributed by atoms with van der Waals surface area (Å²) < 4.78 is 0. The molecule has 0 aromatic rings. The van der Waals surface area contributed by atoms with E-state index in [0.29, 0.717) is 0 Å². The van der Waals surface area contributed by atoms with Crippen LogP contribution < -0.4 is 5.32 Å². The number of rotatable bonds is 1. The second-order valence-corrected chi connectivity index (χ2v) is 3.17. The average molecular weight is 153 g/mol. The monoisotopic (exact) mass is 153 g/mol. The third-order valence-corrected chi connectivity index (χ3v) is 2.31. The van der Waals surface area contributed by atoms with Crippen molar-refractivity contribution in [3.63, 3.8) is 0 Å². The van der Waals surface area contributed by atoms with Gasteiger partial charge in [0.2, 0.25) is 0 Å². The molecule has 3 nitrogen and oxygen atoms in total. The number of nitrogens with one attached hydrogen (secondary N) is 1.